The lowest BCUT2D eigenvalue weighted by Gasteiger charge is -2.57. The molecule has 2 fully saturated rings. The third-order valence-corrected chi connectivity index (χ3v) is 10.1. The normalized spacial score (nSPS) is 23.0. The first-order chi connectivity index (χ1) is 17.8. The number of hydrogen-bond donors (Lipinski definition) is 1. The van der Waals surface area contributed by atoms with Crippen molar-refractivity contribution < 1.29 is 18.3 Å². The van der Waals surface area contributed by atoms with E-state index in [1.54, 1.807) is 23.5 Å². The Hall–Kier alpha value is -2.71. The maximum absolute atomic E-state index is 13.7. The summed E-state index contributed by atoms with van der Waals surface area (Å²) in [6.45, 7) is 5.82. The third-order valence-electron chi connectivity index (χ3n) is 8.08. The molecule has 2 aliphatic heterocycles. The van der Waals surface area contributed by atoms with Gasteiger partial charge >= 0.3 is 0 Å². The summed E-state index contributed by atoms with van der Waals surface area (Å²) < 4.78 is 34.4. The first-order valence-corrected chi connectivity index (χ1v) is 14.5. The standard InChI is InChI=1S/C30H36N2O4S/c1-21-8-4-5-9-29(21)37(34,35)31-16-6-7-17-32-27(19-31)30(28(32)20-33)24-12-10-23(11-13-24)26-15-14-25(36-3)18-22(26)2/h4-5,8-15,18,27-28,30,33H,6-7,16-17,19-20H2,1-3H3/t27-,28+,30?/m0/s1. The Morgan fingerprint density at radius 3 is 2.35 bits per heavy atom. The van der Waals surface area contributed by atoms with Crippen LogP contribution >= 0.6 is 0 Å². The van der Waals surface area contributed by atoms with E-state index in [0.29, 0.717) is 18.0 Å². The molecule has 2 saturated heterocycles. The number of nitrogens with zero attached hydrogens (tertiary/aromatic N) is 2. The van der Waals surface area contributed by atoms with Gasteiger partial charge in [-0.15, -0.1) is 0 Å². The number of aliphatic hydroxyl groups is 1. The molecule has 196 valence electrons. The van der Waals surface area contributed by atoms with Gasteiger partial charge in [0.2, 0.25) is 10.0 Å². The van der Waals surface area contributed by atoms with E-state index in [4.69, 9.17) is 4.74 Å². The van der Waals surface area contributed by atoms with Gasteiger partial charge in [0.05, 0.1) is 18.6 Å². The van der Waals surface area contributed by atoms with Gasteiger partial charge in [0.25, 0.3) is 0 Å². The van der Waals surface area contributed by atoms with Gasteiger partial charge in [-0.1, -0.05) is 48.5 Å². The lowest BCUT2D eigenvalue weighted by molar-refractivity contribution is -0.0553. The number of methoxy groups -OCH3 is 1. The molecule has 3 atom stereocenters. The molecule has 0 amide bonds. The quantitative estimate of drug-likeness (QED) is 0.515. The Morgan fingerprint density at radius 2 is 1.68 bits per heavy atom. The van der Waals surface area contributed by atoms with Gasteiger partial charge in [0.15, 0.2) is 0 Å². The largest absolute Gasteiger partial charge is 0.497 e. The highest BCUT2D eigenvalue weighted by Crippen LogP contribution is 2.43. The second-order valence-corrected chi connectivity index (χ2v) is 12.1. The number of fused-ring (bicyclic) bond motifs is 1. The summed E-state index contributed by atoms with van der Waals surface area (Å²) >= 11 is 0. The van der Waals surface area contributed by atoms with E-state index in [1.165, 1.54) is 0 Å². The molecule has 3 aromatic rings. The van der Waals surface area contributed by atoms with Gasteiger partial charge in [-0.3, -0.25) is 4.90 Å². The molecule has 0 radical (unpaired) electrons. The predicted octanol–water partition coefficient (Wildman–Crippen LogP) is 4.59. The molecule has 1 N–H and O–H groups in total. The SMILES string of the molecule is COc1ccc(-c2ccc(C3[C@@H](CO)N4CCCCN(S(=O)(=O)c5ccccc5C)C[C@@H]34)cc2)c(C)c1. The zero-order valence-corrected chi connectivity index (χ0v) is 22.6. The smallest absolute Gasteiger partial charge is 0.243 e. The molecule has 7 heteroatoms. The molecule has 1 unspecified atom stereocenters. The molecule has 0 spiro atoms. The molecule has 5 rings (SSSR count). The fraction of sp³-hybridized carbons (Fsp3) is 0.400. The molecule has 37 heavy (non-hydrogen) atoms. The number of sulfonamides is 1. The third kappa shape index (κ3) is 4.81. The lowest BCUT2D eigenvalue weighted by atomic mass is 9.74. The van der Waals surface area contributed by atoms with Gasteiger partial charge in [-0.05, 0) is 79.3 Å². The predicted molar refractivity (Wildman–Crippen MR) is 146 cm³/mol. The Labute approximate surface area is 220 Å². The zero-order chi connectivity index (χ0) is 26.2. The van der Waals surface area contributed by atoms with Gasteiger partial charge in [0, 0.05) is 31.1 Å². The highest BCUT2D eigenvalue weighted by atomic mass is 32.2. The van der Waals surface area contributed by atoms with Crippen LogP contribution in [0.25, 0.3) is 11.1 Å². The van der Waals surface area contributed by atoms with E-state index in [0.717, 1.165) is 53.0 Å². The van der Waals surface area contributed by atoms with Crippen LogP contribution in [-0.2, 0) is 10.0 Å². The van der Waals surface area contributed by atoms with Crippen molar-refractivity contribution in [1.82, 2.24) is 9.21 Å². The highest BCUT2D eigenvalue weighted by molar-refractivity contribution is 7.89. The number of benzene rings is 3. The van der Waals surface area contributed by atoms with E-state index >= 15 is 0 Å². The molecule has 0 bridgehead atoms. The average molecular weight is 521 g/mol. The Balaban J connectivity index is 1.43. The summed E-state index contributed by atoms with van der Waals surface area (Å²) in [6.07, 6.45) is 1.72. The van der Waals surface area contributed by atoms with Crippen LogP contribution in [0.4, 0.5) is 0 Å². The zero-order valence-electron chi connectivity index (χ0n) is 21.8. The number of hydrogen-bond acceptors (Lipinski definition) is 5. The van der Waals surface area contributed by atoms with Gasteiger partial charge < -0.3 is 9.84 Å². The van der Waals surface area contributed by atoms with Crippen molar-refractivity contribution in [2.75, 3.05) is 33.4 Å². The van der Waals surface area contributed by atoms with Crippen LogP contribution in [0.1, 0.15) is 35.4 Å². The Bertz CT molecular complexity index is 1360. The first-order valence-electron chi connectivity index (χ1n) is 13.0. The first kappa shape index (κ1) is 25.9. The number of rotatable bonds is 6. The molecule has 2 aliphatic rings. The molecular weight excluding hydrogens is 484 g/mol. The van der Waals surface area contributed by atoms with Crippen LogP contribution in [-0.4, -0.2) is 68.2 Å². The van der Waals surface area contributed by atoms with Crippen molar-refractivity contribution in [2.45, 2.75) is 49.6 Å². The van der Waals surface area contributed by atoms with Crippen LogP contribution < -0.4 is 4.74 Å². The highest BCUT2D eigenvalue weighted by Gasteiger charge is 2.50. The summed E-state index contributed by atoms with van der Waals surface area (Å²) in [5.74, 6) is 0.913. The molecule has 2 heterocycles. The molecule has 6 nitrogen and oxygen atoms in total. The number of aliphatic hydroxyl groups excluding tert-OH is 1. The monoisotopic (exact) mass is 520 g/mol. The molecule has 0 aromatic heterocycles. The summed E-state index contributed by atoms with van der Waals surface area (Å²) in [5, 5.41) is 10.3. The van der Waals surface area contributed by atoms with E-state index < -0.39 is 10.0 Å². The summed E-state index contributed by atoms with van der Waals surface area (Å²) in [5.41, 5.74) is 5.34. The van der Waals surface area contributed by atoms with Crippen LogP contribution in [0.3, 0.4) is 0 Å². The van der Waals surface area contributed by atoms with Crippen LogP contribution in [0.15, 0.2) is 71.6 Å². The van der Waals surface area contributed by atoms with Crippen molar-refractivity contribution in [1.29, 1.82) is 0 Å². The number of ether oxygens (including phenoxy) is 1. The maximum atomic E-state index is 13.7. The van der Waals surface area contributed by atoms with Crippen molar-refractivity contribution in [3.63, 3.8) is 0 Å². The van der Waals surface area contributed by atoms with Gasteiger partial charge in [0.1, 0.15) is 5.75 Å². The number of aryl methyl sites for hydroxylation is 2. The summed E-state index contributed by atoms with van der Waals surface area (Å²) in [6, 6.07) is 21.9. The van der Waals surface area contributed by atoms with Gasteiger partial charge in [-0.25, -0.2) is 8.42 Å². The topological polar surface area (TPSA) is 70.1 Å². The van der Waals surface area contributed by atoms with Crippen molar-refractivity contribution in [3.05, 3.63) is 83.4 Å². The van der Waals surface area contributed by atoms with Crippen LogP contribution in [0.5, 0.6) is 5.75 Å². The van der Waals surface area contributed by atoms with E-state index in [9.17, 15) is 13.5 Å². The second kappa shape index (κ2) is 10.6. The van der Waals surface area contributed by atoms with Crippen LogP contribution in [0, 0.1) is 13.8 Å². The Kier molecular flexibility index (Phi) is 7.41. The minimum atomic E-state index is -3.60. The second-order valence-electron chi connectivity index (χ2n) is 10.2. The minimum absolute atomic E-state index is 0.000289. The minimum Gasteiger partial charge on any atom is -0.497 e. The summed E-state index contributed by atoms with van der Waals surface area (Å²) in [4.78, 5) is 2.70. The van der Waals surface area contributed by atoms with E-state index in [1.807, 2.05) is 31.2 Å². The Morgan fingerprint density at radius 1 is 0.946 bits per heavy atom. The van der Waals surface area contributed by atoms with Crippen molar-refractivity contribution in [3.8, 4) is 16.9 Å². The molecule has 3 aromatic carbocycles. The van der Waals surface area contributed by atoms with Crippen molar-refractivity contribution in [2.24, 2.45) is 0 Å². The molecule has 0 saturated carbocycles. The molecular formula is C30H36N2O4S. The van der Waals surface area contributed by atoms with Crippen molar-refractivity contribution >= 4 is 10.0 Å². The lowest BCUT2D eigenvalue weighted by Crippen LogP contribution is -2.67. The van der Waals surface area contributed by atoms with E-state index in [2.05, 4.69) is 42.2 Å². The summed E-state index contributed by atoms with van der Waals surface area (Å²) in [7, 11) is -1.93. The molecule has 0 aliphatic carbocycles. The van der Waals surface area contributed by atoms with E-state index in [-0.39, 0.29) is 24.6 Å². The van der Waals surface area contributed by atoms with Gasteiger partial charge in [-0.2, -0.15) is 4.31 Å². The average Bonchev–Trinajstić information content (AvgIpc) is 2.88. The fourth-order valence-corrected chi connectivity index (χ4v) is 7.81. The van der Waals surface area contributed by atoms with Crippen LogP contribution in [0.2, 0.25) is 0 Å². The maximum Gasteiger partial charge on any atom is 0.243 e. The fourth-order valence-electron chi connectivity index (χ4n) is 6.08.